The molecule has 3 heterocycles. The summed E-state index contributed by atoms with van der Waals surface area (Å²) in [6.45, 7) is -1.32. The normalized spacial score (nSPS) is 15.7. The first-order valence-electron chi connectivity index (χ1n) is 11.3. The maximum Gasteiger partial charge on any atom is 0.417 e. The Bertz CT molecular complexity index is 1660. The maximum absolute atomic E-state index is 14.2. The molecule has 1 unspecified atom stereocenters. The highest BCUT2D eigenvalue weighted by atomic mass is 35.5. The van der Waals surface area contributed by atoms with E-state index in [-0.39, 0.29) is 44.9 Å². The van der Waals surface area contributed by atoms with E-state index in [0.717, 1.165) is 24.5 Å². The van der Waals surface area contributed by atoms with Crippen molar-refractivity contribution in [3.05, 3.63) is 64.7 Å². The number of hydrogen-bond donors (Lipinski definition) is 2. The number of nitrogens with zero attached hydrogens (tertiary/aromatic N) is 4. The molecule has 10 nitrogen and oxygen atoms in total. The van der Waals surface area contributed by atoms with E-state index >= 15 is 0 Å². The first-order valence-corrected chi connectivity index (χ1v) is 11.6. The number of carbonyl (C=O) groups excluding carboxylic acids is 3. The summed E-state index contributed by atoms with van der Waals surface area (Å²) < 4.78 is 60.5. The van der Waals surface area contributed by atoms with Gasteiger partial charge in [-0.2, -0.15) is 13.2 Å². The minimum Gasteiger partial charge on any atom is -0.446 e. The zero-order valence-corrected chi connectivity index (χ0v) is 20.4. The fourth-order valence-electron chi connectivity index (χ4n) is 4.36. The van der Waals surface area contributed by atoms with Gasteiger partial charge in [0.15, 0.2) is 6.04 Å². The van der Waals surface area contributed by atoms with Crippen LogP contribution in [0.4, 0.5) is 28.2 Å². The molecule has 0 radical (unpaired) electrons. The standard InChI is InChI=1S/C24H17ClF4N6O4/c25-14-3-1-2-11(19(14)26)7-31-22(37)16-9-39-23(38)35(16)17(36)8-34-15-5-4-12(24(27,28)29)6-13(15)18-20(30)32-10-33-21(18)34/h1-6,10,16H,7-9H2,(H,31,37)(H2,30,32,33). The maximum atomic E-state index is 14.2. The van der Waals surface area contributed by atoms with Crippen molar-refractivity contribution in [3.8, 4) is 0 Å². The number of fused-ring (bicyclic) bond motifs is 3. The minimum atomic E-state index is -4.64. The number of aromatic nitrogens is 3. The van der Waals surface area contributed by atoms with Crippen LogP contribution >= 0.6 is 11.6 Å². The lowest BCUT2D eigenvalue weighted by Crippen LogP contribution is -2.49. The summed E-state index contributed by atoms with van der Waals surface area (Å²) in [5, 5.41) is 2.44. The van der Waals surface area contributed by atoms with Gasteiger partial charge in [0.2, 0.25) is 5.91 Å². The summed E-state index contributed by atoms with van der Waals surface area (Å²) in [5.41, 5.74) is 5.29. The first kappa shape index (κ1) is 26.2. The van der Waals surface area contributed by atoms with Gasteiger partial charge in [-0.15, -0.1) is 0 Å². The Labute approximate surface area is 221 Å². The molecule has 15 heteroatoms. The molecule has 3 N–H and O–H groups in total. The molecule has 0 aliphatic carbocycles. The third kappa shape index (κ3) is 4.67. The number of ether oxygens (including phenoxy) is 1. The lowest BCUT2D eigenvalue weighted by Gasteiger charge is -2.20. The highest BCUT2D eigenvalue weighted by Crippen LogP contribution is 2.36. The Morgan fingerprint density at radius 1 is 1.21 bits per heavy atom. The molecule has 4 aromatic rings. The molecule has 202 valence electrons. The number of halogens is 5. The minimum absolute atomic E-state index is 0.0487. The number of amides is 3. The van der Waals surface area contributed by atoms with Crippen molar-refractivity contribution in [2.75, 3.05) is 12.3 Å². The van der Waals surface area contributed by atoms with Crippen LogP contribution in [0.3, 0.4) is 0 Å². The molecule has 0 bridgehead atoms. The number of nitrogen functional groups attached to an aromatic ring is 1. The van der Waals surface area contributed by atoms with Gasteiger partial charge in [0, 0.05) is 17.5 Å². The summed E-state index contributed by atoms with van der Waals surface area (Å²) in [7, 11) is 0. The predicted octanol–water partition coefficient (Wildman–Crippen LogP) is 3.64. The van der Waals surface area contributed by atoms with Crippen LogP contribution in [-0.4, -0.2) is 50.0 Å². The quantitative estimate of drug-likeness (QED) is 0.354. The number of imide groups is 1. The molecule has 5 rings (SSSR count). The first-order chi connectivity index (χ1) is 18.5. The third-order valence-corrected chi connectivity index (χ3v) is 6.51. The molecular formula is C24H17ClF4N6O4. The summed E-state index contributed by atoms with van der Waals surface area (Å²) in [5.74, 6) is -2.53. The highest BCUT2D eigenvalue weighted by molar-refractivity contribution is 6.30. The van der Waals surface area contributed by atoms with E-state index in [4.69, 9.17) is 22.1 Å². The van der Waals surface area contributed by atoms with E-state index < -0.39 is 54.7 Å². The lowest BCUT2D eigenvalue weighted by molar-refractivity contribution is -0.137. The van der Waals surface area contributed by atoms with Crippen LogP contribution in [0.2, 0.25) is 5.02 Å². The third-order valence-electron chi connectivity index (χ3n) is 6.22. The van der Waals surface area contributed by atoms with Crippen LogP contribution in [0.15, 0.2) is 42.7 Å². The van der Waals surface area contributed by atoms with Crippen LogP contribution in [0, 0.1) is 5.82 Å². The summed E-state index contributed by atoms with van der Waals surface area (Å²) in [6, 6.07) is 5.71. The van der Waals surface area contributed by atoms with Crippen molar-refractivity contribution in [2.45, 2.75) is 25.3 Å². The van der Waals surface area contributed by atoms with Gasteiger partial charge in [-0.25, -0.2) is 24.1 Å². The van der Waals surface area contributed by atoms with Crippen LogP contribution < -0.4 is 11.1 Å². The summed E-state index contributed by atoms with van der Waals surface area (Å²) in [4.78, 5) is 47.1. The SMILES string of the molecule is Nc1ncnc2c1c1cc(C(F)(F)F)ccc1n2CC(=O)N1C(=O)OCC1C(=O)NCc1cccc(Cl)c1F. The predicted molar refractivity (Wildman–Crippen MR) is 130 cm³/mol. The summed E-state index contributed by atoms with van der Waals surface area (Å²) in [6.07, 6.45) is -4.66. The molecule has 1 saturated heterocycles. The van der Waals surface area contributed by atoms with Gasteiger partial charge < -0.3 is 20.4 Å². The molecule has 1 aliphatic heterocycles. The van der Waals surface area contributed by atoms with E-state index in [1.807, 2.05) is 0 Å². The van der Waals surface area contributed by atoms with E-state index in [1.54, 1.807) is 0 Å². The Hall–Kier alpha value is -4.46. The summed E-state index contributed by atoms with van der Waals surface area (Å²) >= 11 is 5.75. The molecule has 1 aliphatic rings. The van der Waals surface area contributed by atoms with E-state index in [2.05, 4.69) is 15.3 Å². The van der Waals surface area contributed by atoms with E-state index in [1.165, 1.54) is 22.8 Å². The molecule has 0 spiro atoms. The Balaban J connectivity index is 1.44. The van der Waals surface area contributed by atoms with Gasteiger partial charge in [0.1, 0.15) is 36.8 Å². The van der Waals surface area contributed by atoms with Crippen LogP contribution in [-0.2, 0) is 33.6 Å². The van der Waals surface area contributed by atoms with Crippen molar-refractivity contribution >= 4 is 57.3 Å². The number of carbonyl (C=O) groups is 3. The average molecular weight is 565 g/mol. The zero-order valence-electron chi connectivity index (χ0n) is 19.6. The Morgan fingerprint density at radius 3 is 2.72 bits per heavy atom. The second-order valence-electron chi connectivity index (χ2n) is 8.56. The second kappa shape index (κ2) is 9.69. The van der Waals surface area contributed by atoms with Crippen LogP contribution in [0.1, 0.15) is 11.1 Å². The lowest BCUT2D eigenvalue weighted by atomic mass is 10.1. The van der Waals surface area contributed by atoms with Crippen molar-refractivity contribution in [1.29, 1.82) is 0 Å². The number of alkyl halides is 3. The smallest absolute Gasteiger partial charge is 0.417 e. The molecule has 2 aromatic carbocycles. The number of benzene rings is 2. The van der Waals surface area contributed by atoms with Crippen LogP contribution in [0.25, 0.3) is 21.9 Å². The number of cyclic esters (lactones) is 1. The number of anilines is 1. The fraction of sp³-hybridized carbons (Fsp3) is 0.208. The Morgan fingerprint density at radius 2 is 1.97 bits per heavy atom. The van der Waals surface area contributed by atoms with Crippen molar-refractivity contribution in [1.82, 2.24) is 24.8 Å². The molecule has 1 atom stereocenters. The van der Waals surface area contributed by atoms with Gasteiger partial charge in [-0.1, -0.05) is 23.7 Å². The van der Waals surface area contributed by atoms with Gasteiger partial charge in [0.05, 0.1) is 21.5 Å². The largest absolute Gasteiger partial charge is 0.446 e. The van der Waals surface area contributed by atoms with Gasteiger partial charge >= 0.3 is 12.3 Å². The van der Waals surface area contributed by atoms with Gasteiger partial charge in [-0.3, -0.25) is 9.59 Å². The number of nitrogens with two attached hydrogens (primary N) is 1. The number of rotatable bonds is 5. The Kier molecular flexibility index (Phi) is 6.50. The number of nitrogens with one attached hydrogen (secondary N) is 1. The van der Waals surface area contributed by atoms with Crippen molar-refractivity contribution in [3.63, 3.8) is 0 Å². The van der Waals surface area contributed by atoms with Gasteiger partial charge in [0.25, 0.3) is 5.91 Å². The molecule has 2 aromatic heterocycles. The van der Waals surface area contributed by atoms with Crippen molar-refractivity contribution in [2.24, 2.45) is 0 Å². The van der Waals surface area contributed by atoms with Crippen molar-refractivity contribution < 1.29 is 36.7 Å². The molecule has 3 amide bonds. The monoisotopic (exact) mass is 564 g/mol. The fourth-order valence-corrected chi connectivity index (χ4v) is 4.56. The zero-order chi connectivity index (χ0) is 28.1. The van der Waals surface area contributed by atoms with Gasteiger partial charge in [-0.05, 0) is 24.3 Å². The molecular weight excluding hydrogens is 548 g/mol. The topological polar surface area (TPSA) is 132 Å². The second-order valence-corrected chi connectivity index (χ2v) is 8.97. The van der Waals surface area contributed by atoms with E-state index in [0.29, 0.717) is 4.90 Å². The molecule has 0 saturated carbocycles. The molecule has 1 fully saturated rings. The van der Waals surface area contributed by atoms with Crippen LogP contribution in [0.5, 0.6) is 0 Å². The number of hydrogen-bond acceptors (Lipinski definition) is 7. The highest BCUT2D eigenvalue weighted by Gasteiger charge is 2.42. The molecule has 39 heavy (non-hydrogen) atoms. The van der Waals surface area contributed by atoms with E-state index in [9.17, 15) is 31.9 Å². The average Bonchev–Trinajstić information content (AvgIpc) is 3.42.